The molecule has 3 fully saturated rings. The summed E-state index contributed by atoms with van der Waals surface area (Å²) in [5.41, 5.74) is 5.51. The van der Waals surface area contributed by atoms with Crippen molar-refractivity contribution in [1.82, 2.24) is 5.48 Å². The summed E-state index contributed by atoms with van der Waals surface area (Å²) in [7, 11) is 0. The molecular weight excluding hydrogens is 408 g/mol. The molecule has 8 unspecified atom stereocenters. The fourth-order valence-corrected chi connectivity index (χ4v) is 8.22. The molecular formula is C25H38N2O5. The number of ether oxygens (including phenoxy) is 1. The highest BCUT2D eigenvalue weighted by Gasteiger charge is 2.61. The van der Waals surface area contributed by atoms with Gasteiger partial charge in [-0.05, 0) is 79.6 Å². The second kappa shape index (κ2) is 8.15. The Hall–Kier alpha value is -1.89. The summed E-state index contributed by atoms with van der Waals surface area (Å²) in [6.45, 7) is 9.72. The lowest BCUT2D eigenvalue weighted by Gasteiger charge is -2.57. The van der Waals surface area contributed by atoms with E-state index in [-0.39, 0.29) is 33.7 Å². The molecule has 0 saturated heterocycles. The Morgan fingerprint density at radius 3 is 2.56 bits per heavy atom. The van der Waals surface area contributed by atoms with Gasteiger partial charge in [-0.1, -0.05) is 25.5 Å². The van der Waals surface area contributed by atoms with Gasteiger partial charge in [0.05, 0.1) is 5.92 Å². The molecule has 2 N–H and O–H groups in total. The third-order valence-electron chi connectivity index (χ3n) is 9.76. The number of hydrogen-bond acceptors (Lipinski definition) is 6. The molecule has 0 aliphatic heterocycles. The Labute approximate surface area is 190 Å². The molecule has 4 aliphatic carbocycles. The number of rotatable bonds is 4. The Bertz CT molecular complexity index is 866. The number of nitrogens with one attached hydrogen (secondary N) is 1. The zero-order valence-corrected chi connectivity index (χ0v) is 20.0. The predicted molar refractivity (Wildman–Crippen MR) is 120 cm³/mol. The number of carbonyl (C=O) groups excluding carboxylic acids is 1. The van der Waals surface area contributed by atoms with E-state index in [1.807, 2.05) is 6.92 Å². The number of nitrogens with zero attached hydrogens (tertiary/aromatic N) is 1. The fraction of sp³-hybridized carbons (Fsp3) is 0.800. The van der Waals surface area contributed by atoms with Crippen LogP contribution in [0.3, 0.4) is 0 Å². The summed E-state index contributed by atoms with van der Waals surface area (Å²) in [6.07, 6.45) is 9.02. The normalized spacial score (nSPS) is 43.2. The lowest BCUT2D eigenvalue weighted by Crippen LogP contribution is -2.50. The summed E-state index contributed by atoms with van der Waals surface area (Å²) in [5.74, 6) is 1.04. The van der Waals surface area contributed by atoms with Crippen molar-refractivity contribution in [2.45, 2.75) is 91.7 Å². The van der Waals surface area contributed by atoms with Crippen LogP contribution in [0.4, 0.5) is 0 Å². The van der Waals surface area contributed by atoms with Gasteiger partial charge < -0.3 is 4.74 Å². The minimum Gasteiger partial charge on any atom is -0.462 e. The van der Waals surface area contributed by atoms with E-state index in [1.165, 1.54) is 12.5 Å². The van der Waals surface area contributed by atoms with Crippen molar-refractivity contribution in [3.05, 3.63) is 33.0 Å². The van der Waals surface area contributed by atoms with Crippen LogP contribution < -0.4 is 5.48 Å². The van der Waals surface area contributed by atoms with Crippen LogP contribution in [0.2, 0.25) is 0 Å². The molecule has 0 heterocycles. The molecule has 178 valence electrons. The predicted octanol–water partition coefficient (Wildman–Crippen LogP) is 5.03. The van der Waals surface area contributed by atoms with Gasteiger partial charge in [-0.15, -0.1) is 0 Å². The van der Waals surface area contributed by atoms with Crippen molar-refractivity contribution >= 4 is 5.97 Å². The molecule has 0 aromatic rings. The second-order valence-corrected chi connectivity index (χ2v) is 11.2. The van der Waals surface area contributed by atoms with E-state index in [0.29, 0.717) is 23.5 Å². The highest BCUT2D eigenvalue weighted by atomic mass is 16.6. The van der Waals surface area contributed by atoms with Gasteiger partial charge in [-0.25, -0.2) is 0 Å². The third kappa shape index (κ3) is 3.47. The van der Waals surface area contributed by atoms with Gasteiger partial charge in [-0.3, -0.25) is 25.6 Å². The number of nitro groups is 1. The molecule has 0 spiro atoms. The lowest BCUT2D eigenvalue weighted by atomic mass is 9.48. The summed E-state index contributed by atoms with van der Waals surface area (Å²) >= 11 is 0. The summed E-state index contributed by atoms with van der Waals surface area (Å²) in [6, 6.07) is -0.668. The Balaban J connectivity index is 1.67. The maximum Gasteiger partial charge on any atom is 0.302 e. The van der Waals surface area contributed by atoms with Crippen LogP contribution >= 0.6 is 0 Å². The standard InChI is InChI=1S/C25H38N2O5/c1-14(26-29)23-20(15(2)27(30)31)13-22-19-7-6-17-12-18(32-16(3)28)8-10-24(17,4)21(19)9-11-25(22,23)5/h6,15,18-22,26,29H,7-13H2,1-5H3. The van der Waals surface area contributed by atoms with Crippen LogP contribution in [0.25, 0.3) is 0 Å². The first kappa shape index (κ1) is 23.3. The first-order valence-corrected chi connectivity index (χ1v) is 12.1. The quantitative estimate of drug-likeness (QED) is 0.272. The van der Waals surface area contributed by atoms with Crippen LogP contribution in [0.15, 0.2) is 22.9 Å². The van der Waals surface area contributed by atoms with E-state index < -0.39 is 6.04 Å². The average Bonchev–Trinajstić information content (AvgIpc) is 3.05. The number of carbonyl (C=O) groups is 1. The minimum atomic E-state index is -0.668. The van der Waals surface area contributed by atoms with Gasteiger partial charge in [0, 0.05) is 30.9 Å². The Kier molecular flexibility index (Phi) is 5.93. The number of esters is 1. The largest absolute Gasteiger partial charge is 0.462 e. The number of fused-ring (bicyclic) bond motifs is 5. The first-order chi connectivity index (χ1) is 15.0. The van der Waals surface area contributed by atoms with Crippen molar-refractivity contribution in [1.29, 1.82) is 0 Å². The smallest absolute Gasteiger partial charge is 0.302 e. The van der Waals surface area contributed by atoms with E-state index >= 15 is 0 Å². The lowest BCUT2D eigenvalue weighted by molar-refractivity contribution is -0.525. The maximum atomic E-state index is 11.7. The molecule has 0 aromatic heterocycles. The topological polar surface area (TPSA) is 102 Å². The summed E-state index contributed by atoms with van der Waals surface area (Å²) < 4.78 is 5.54. The van der Waals surface area contributed by atoms with Gasteiger partial charge in [0.15, 0.2) is 0 Å². The van der Waals surface area contributed by atoms with E-state index in [0.717, 1.165) is 50.5 Å². The maximum absolute atomic E-state index is 11.7. The van der Waals surface area contributed by atoms with Gasteiger partial charge in [0.2, 0.25) is 6.04 Å². The molecule has 0 bridgehead atoms. The number of allylic oxidation sites excluding steroid dienone is 2. The van der Waals surface area contributed by atoms with E-state index in [2.05, 4.69) is 25.4 Å². The SMILES string of the molecule is CC(=O)OC1CCC2(C)C(=CCC3C2CCC2(C)C(=C(C)NO)C(C(C)[N+](=O)[O-])CC32)C1. The molecule has 32 heavy (non-hydrogen) atoms. The zero-order chi connectivity index (χ0) is 23.4. The van der Waals surface area contributed by atoms with Crippen LogP contribution in [0, 0.1) is 44.6 Å². The second-order valence-electron chi connectivity index (χ2n) is 11.2. The van der Waals surface area contributed by atoms with Crippen molar-refractivity contribution < 1.29 is 19.7 Å². The Morgan fingerprint density at radius 1 is 1.25 bits per heavy atom. The molecule has 4 aliphatic rings. The van der Waals surface area contributed by atoms with Crippen molar-refractivity contribution in [2.24, 2.45) is 34.5 Å². The van der Waals surface area contributed by atoms with Crippen molar-refractivity contribution in [3.8, 4) is 0 Å². The first-order valence-electron chi connectivity index (χ1n) is 12.1. The summed E-state index contributed by atoms with van der Waals surface area (Å²) in [5, 5.41) is 21.5. The van der Waals surface area contributed by atoms with Crippen LogP contribution in [-0.4, -0.2) is 28.2 Å². The molecule has 0 aromatic carbocycles. The number of hydroxylamine groups is 1. The van der Waals surface area contributed by atoms with Crippen LogP contribution in [0.5, 0.6) is 0 Å². The van der Waals surface area contributed by atoms with E-state index in [9.17, 15) is 20.1 Å². The minimum absolute atomic E-state index is 0.0122. The van der Waals surface area contributed by atoms with Gasteiger partial charge in [0.1, 0.15) is 6.10 Å². The highest BCUT2D eigenvalue weighted by molar-refractivity contribution is 5.66. The zero-order valence-electron chi connectivity index (χ0n) is 20.0. The molecule has 0 amide bonds. The fourth-order valence-electron chi connectivity index (χ4n) is 8.22. The van der Waals surface area contributed by atoms with Crippen LogP contribution in [0.1, 0.15) is 79.6 Å². The summed E-state index contributed by atoms with van der Waals surface area (Å²) in [4.78, 5) is 23.0. The van der Waals surface area contributed by atoms with E-state index in [4.69, 9.17) is 4.74 Å². The Morgan fingerprint density at radius 2 is 1.94 bits per heavy atom. The average molecular weight is 447 g/mol. The monoisotopic (exact) mass is 446 g/mol. The molecule has 7 nitrogen and oxygen atoms in total. The molecule has 4 rings (SSSR count). The molecule has 3 saturated carbocycles. The van der Waals surface area contributed by atoms with Gasteiger partial charge >= 0.3 is 5.97 Å². The van der Waals surface area contributed by atoms with E-state index in [1.54, 1.807) is 6.92 Å². The molecule has 0 radical (unpaired) electrons. The van der Waals surface area contributed by atoms with Gasteiger partial charge in [0.25, 0.3) is 0 Å². The van der Waals surface area contributed by atoms with Crippen molar-refractivity contribution in [2.75, 3.05) is 0 Å². The van der Waals surface area contributed by atoms with Crippen LogP contribution in [-0.2, 0) is 9.53 Å². The highest BCUT2D eigenvalue weighted by Crippen LogP contribution is 2.68. The van der Waals surface area contributed by atoms with Crippen molar-refractivity contribution in [3.63, 3.8) is 0 Å². The third-order valence-corrected chi connectivity index (χ3v) is 9.76. The molecule has 8 atom stereocenters. The number of hydrogen-bond donors (Lipinski definition) is 2. The molecule has 7 heteroatoms. The van der Waals surface area contributed by atoms with Gasteiger partial charge in [-0.2, -0.15) is 0 Å².